The molecule has 1 heterocycles. The van der Waals surface area contributed by atoms with Gasteiger partial charge in [0.15, 0.2) is 5.58 Å². The van der Waals surface area contributed by atoms with Crippen molar-refractivity contribution in [2.45, 2.75) is 20.0 Å². The summed E-state index contributed by atoms with van der Waals surface area (Å²) >= 11 is 0. The molecule has 0 spiro atoms. The molecule has 0 saturated carbocycles. The monoisotopic (exact) mass is 291 g/mol. The van der Waals surface area contributed by atoms with Crippen LogP contribution >= 0.6 is 0 Å². The van der Waals surface area contributed by atoms with Gasteiger partial charge < -0.3 is 9.15 Å². The van der Waals surface area contributed by atoms with Crippen LogP contribution in [-0.2, 0) is 4.74 Å². The number of benzene rings is 3. The van der Waals surface area contributed by atoms with Crippen molar-refractivity contribution in [3.63, 3.8) is 0 Å². The van der Waals surface area contributed by atoms with E-state index < -0.39 is 0 Å². The highest BCUT2D eigenvalue weighted by Crippen LogP contribution is 2.36. The molecule has 0 aliphatic heterocycles. The fourth-order valence-electron chi connectivity index (χ4n) is 3.04. The van der Waals surface area contributed by atoms with Gasteiger partial charge in [0.25, 0.3) is 0 Å². The van der Waals surface area contributed by atoms with E-state index in [4.69, 9.17) is 14.1 Å². The van der Waals surface area contributed by atoms with E-state index in [0.717, 1.165) is 21.9 Å². The minimum absolute atomic E-state index is 0.144. The lowest BCUT2D eigenvalue weighted by Crippen LogP contribution is -1.99. The topological polar surface area (TPSA) is 35.3 Å². The van der Waals surface area contributed by atoms with Gasteiger partial charge in [0, 0.05) is 17.4 Å². The number of oxazole rings is 1. The molecule has 0 bridgehead atoms. The van der Waals surface area contributed by atoms with Crippen molar-refractivity contribution in [1.82, 2.24) is 4.98 Å². The largest absolute Gasteiger partial charge is 0.437 e. The zero-order chi connectivity index (χ0) is 15.1. The second-order valence-electron chi connectivity index (χ2n) is 5.42. The van der Waals surface area contributed by atoms with Crippen LogP contribution in [0.15, 0.2) is 52.9 Å². The van der Waals surface area contributed by atoms with Gasteiger partial charge in [-0.15, -0.1) is 0 Å². The van der Waals surface area contributed by atoms with Crippen LogP contribution in [0.2, 0.25) is 0 Å². The van der Waals surface area contributed by atoms with Crippen molar-refractivity contribution >= 4 is 32.6 Å². The van der Waals surface area contributed by atoms with Crippen molar-refractivity contribution in [2.75, 3.05) is 6.61 Å². The highest BCUT2D eigenvalue weighted by Gasteiger charge is 2.18. The standard InChI is InChI=1S/C19H17NO2/c1-3-21-12(2)19-20-17-15-10-6-4-8-13(15)14-9-5-7-11-16(14)18(17)22-19/h4-12H,3H2,1-2H3. The van der Waals surface area contributed by atoms with Crippen LogP contribution in [0.5, 0.6) is 0 Å². The van der Waals surface area contributed by atoms with Crippen molar-refractivity contribution in [3.8, 4) is 0 Å². The molecule has 0 amide bonds. The molecule has 3 heteroatoms. The molecular weight excluding hydrogens is 274 g/mol. The average molecular weight is 291 g/mol. The first-order valence-corrected chi connectivity index (χ1v) is 7.61. The number of aromatic nitrogens is 1. The normalized spacial score (nSPS) is 13.2. The van der Waals surface area contributed by atoms with Gasteiger partial charge in [-0.1, -0.05) is 48.5 Å². The molecule has 1 unspecified atom stereocenters. The SMILES string of the molecule is CCOC(C)c1nc2c3ccccc3c3ccccc3c2o1. The number of hydrogen-bond donors (Lipinski definition) is 0. The van der Waals surface area contributed by atoms with Crippen molar-refractivity contribution in [2.24, 2.45) is 0 Å². The van der Waals surface area contributed by atoms with Crippen molar-refractivity contribution in [1.29, 1.82) is 0 Å². The predicted octanol–water partition coefficient (Wildman–Crippen LogP) is 5.23. The Morgan fingerprint density at radius 2 is 1.55 bits per heavy atom. The van der Waals surface area contributed by atoms with Gasteiger partial charge >= 0.3 is 0 Å². The highest BCUT2D eigenvalue weighted by molar-refractivity contribution is 6.22. The summed E-state index contributed by atoms with van der Waals surface area (Å²) in [4.78, 5) is 4.72. The van der Waals surface area contributed by atoms with Crippen LogP contribution in [0.1, 0.15) is 25.8 Å². The Labute approximate surface area is 128 Å². The first-order chi connectivity index (χ1) is 10.8. The van der Waals surface area contributed by atoms with E-state index in [1.54, 1.807) is 0 Å². The van der Waals surface area contributed by atoms with E-state index in [1.807, 2.05) is 26.0 Å². The molecule has 3 nitrogen and oxygen atoms in total. The molecule has 4 rings (SSSR count). The highest BCUT2D eigenvalue weighted by atomic mass is 16.5. The molecule has 3 aromatic carbocycles. The fraction of sp³-hybridized carbons (Fsp3) is 0.211. The summed E-state index contributed by atoms with van der Waals surface area (Å²) in [5, 5.41) is 4.61. The second-order valence-corrected chi connectivity index (χ2v) is 5.42. The van der Waals surface area contributed by atoms with Crippen LogP contribution in [-0.4, -0.2) is 11.6 Å². The number of hydrogen-bond acceptors (Lipinski definition) is 3. The number of ether oxygens (including phenoxy) is 1. The van der Waals surface area contributed by atoms with Gasteiger partial charge in [-0.05, 0) is 24.6 Å². The summed E-state index contributed by atoms with van der Waals surface area (Å²) in [5.74, 6) is 0.637. The van der Waals surface area contributed by atoms with E-state index >= 15 is 0 Å². The molecule has 0 aliphatic rings. The third kappa shape index (κ3) is 1.90. The van der Waals surface area contributed by atoms with E-state index in [2.05, 4.69) is 36.4 Å². The molecular formula is C19H17NO2. The number of rotatable bonds is 3. The maximum absolute atomic E-state index is 6.07. The molecule has 1 aromatic heterocycles. The van der Waals surface area contributed by atoms with Gasteiger partial charge in [0.2, 0.25) is 5.89 Å². The van der Waals surface area contributed by atoms with E-state index in [9.17, 15) is 0 Å². The summed E-state index contributed by atoms with van der Waals surface area (Å²) in [6, 6.07) is 16.6. The molecule has 0 saturated heterocycles. The van der Waals surface area contributed by atoms with Crippen LogP contribution in [0.25, 0.3) is 32.6 Å². The second kappa shape index (κ2) is 5.11. The fourth-order valence-corrected chi connectivity index (χ4v) is 3.04. The Kier molecular flexibility index (Phi) is 3.09. The first kappa shape index (κ1) is 13.3. The molecule has 0 aliphatic carbocycles. The summed E-state index contributed by atoms with van der Waals surface area (Å²) in [6.45, 7) is 4.59. The lowest BCUT2D eigenvalue weighted by molar-refractivity contribution is 0.0577. The quantitative estimate of drug-likeness (QED) is 0.485. The minimum atomic E-state index is -0.144. The van der Waals surface area contributed by atoms with Crippen LogP contribution < -0.4 is 0 Å². The molecule has 0 N–H and O–H groups in total. The minimum Gasteiger partial charge on any atom is -0.437 e. The molecule has 4 aromatic rings. The maximum atomic E-state index is 6.07. The molecule has 0 fully saturated rings. The summed E-state index contributed by atoms with van der Waals surface area (Å²) in [7, 11) is 0. The lowest BCUT2D eigenvalue weighted by Gasteiger charge is -2.05. The Hall–Kier alpha value is -2.39. The molecule has 1 atom stereocenters. The maximum Gasteiger partial charge on any atom is 0.224 e. The zero-order valence-corrected chi connectivity index (χ0v) is 12.7. The predicted molar refractivity (Wildman–Crippen MR) is 89.1 cm³/mol. The Bertz CT molecular complexity index is 898. The Morgan fingerprint density at radius 1 is 0.955 bits per heavy atom. The molecule has 0 radical (unpaired) electrons. The van der Waals surface area contributed by atoms with Crippen molar-refractivity contribution < 1.29 is 9.15 Å². The van der Waals surface area contributed by atoms with E-state index in [1.165, 1.54) is 10.8 Å². The Balaban J connectivity index is 2.13. The van der Waals surface area contributed by atoms with Gasteiger partial charge in [-0.2, -0.15) is 0 Å². The van der Waals surface area contributed by atoms with Gasteiger partial charge in [-0.25, -0.2) is 4.98 Å². The third-order valence-corrected chi connectivity index (χ3v) is 4.05. The average Bonchev–Trinajstić information content (AvgIpc) is 3.01. The summed E-state index contributed by atoms with van der Waals surface area (Å²) in [6.07, 6.45) is -0.144. The zero-order valence-electron chi connectivity index (χ0n) is 12.7. The van der Waals surface area contributed by atoms with Crippen molar-refractivity contribution in [3.05, 3.63) is 54.4 Å². The van der Waals surface area contributed by atoms with Gasteiger partial charge in [0.1, 0.15) is 11.6 Å². The first-order valence-electron chi connectivity index (χ1n) is 7.61. The number of nitrogens with zero attached hydrogens (tertiary/aromatic N) is 1. The summed E-state index contributed by atoms with van der Waals surface area (Å²) in [5.41, 5.74) is 1.76. The van der Waals surface area contributed by atoms with E-state index in [0.29, 0.717) is 12.5 Å². The van der Waals surface area contributed by atoms with Gasteiger partial charge in [-0.3, -0.25) is 0 Å². The smallest absolute Gasteiger partial charge is 0.224 e. The van der Waals surface area contributed by atoms with Crippen LogP contribution in [0.3, 0.4) is 0 Å². The molecule has 22 heavy (non-hydrogen) atoms. The number of fused-ring (bicyclic) bond motifs is 6. The lowest BCUT2D eigenvalue weighted by atomic mass is 10.0. The van der Waals surface area contributed by atoms with Crippen LogP contribution in [0, 0.1) is 0 Å². The summed E-state index contributed by atoms with van der Waals surface area (Å²) < 4.78 is 11.7. The third-order valence-electron chi connectivity index (χ3n) is 4.05. The van der Waals surface area contributed by atoms with Crippen LogP contribution in [0.4, 0.5) is 0 Å². The van der Waals surface area contributed by atoms with E-state index in [-0.39, 0.29) is 6.10 Å². The molecule has 110 valence electrons. The Morgan fingerprint density at radius 3 is 2.23 bits per heavy atom. The van der Waals surface area contributed by atoms with Gasteiger partial charge in [0.05, 0.1) is 0 Å².